The summed E-state index contributed by atoms with van der Waals surface area (Å²) in [4.78, 5) is 4.36. The molecule has 1 N–H and O–H groups in total. The van der Waals surface area contributed by atoms with E-state index in [-0.39, 0.29) is 0 Å². The maximum atomic E-state index is 5.32. The highest BCUT2D eigenvalue weighted by molar-refractivity contribution is 5.50. The minimum Gasteiger partial charge on any atom is -0.493 e. The third kappa shape index (κ3) is 2.54. The molecular formula is C14H22N2O. The van der Waals surface area contributed by atoms with Gasteiger partial charge in [0.15, 0.2) is 11.6 Å². The first-order valence-electron chi connectivity index (χ1n) is 6.51. The van der Waals surface area contributed by atoms with Gasteiger partial charge in [0.25, 0.3) is 0 Å². The molecule has 1 aliphatic carbocycles. The summed E-state index contributed by atoms with van der Waals surface area (Å²) in [5.41, 5.74) is 0. The van der Waals surface area contributed by atoms with Gasteiger partial charge in [0.2, 0.25) is 0 Å². The second-order valence-corrected chi connectivity index (χ2v) is 4.91. The van der Waals surface area contributed by atoms with Gasteiger partial charge in [0, 0.05) is 12.2 Å². The Morgan fingerprint density at radius 2 is 2.29 bits per heavy atom. The fourth-order valence-electron chi connectivity index (χ4n) is 2.87. The number of rotatable bonds is 4. The molecule has 3 nitrogen and oxygen atoms in total. The fourth-order valence-corrected chi connectivity index (χ4v) is 2.87. The van der Waals surface area contributed by atoms with Crippen LogP contribution in [-0.2, 0) is 0 Å². The average molecular weight is 234 g/mol. The Morgan fingerprint density at radius 3 is 2.94 bits per heavy atom. The minimum atomic E-state index is 0.531. The van der Waals surface area contributed by atoms with Crippen LogP contribution in [0.15, 0.2) is 18.3 Å². The number of aromatic nitrogens is 1. The molecule has 1 aliphatic rings. The van der Waals surface area contributed by atoms with Crippen molar-refractivity contribution in [2.24, 2.45) is 11.8 Å². The van der Waals surface area contributed by atoms with Gasteiger partial charge in [-0.05, 0) is 36.8 Å². The van der Waals surface area contributed by atoms with Gasteiger partial charge < -0.3 is 10.1 Å². The second kappa shape index (κ2) is 5.39. The van der Waals surface area contributed by atoms with Gasteiger partial charge in [-0.15, -0.1) is 0 Å². The third-order valence-electron chi connectivity index (χ3n) is 4.06. The van der Waals surface area contributed by atoms with E-state index in [1.807, 2.05) is 18.3 Å². The molecule has 0 amide bonds. The Hall–Kier alpha value is -1.25. The molecule has 1 fully saturated rings. The first kappa shape index (κ1) is 12.2. The van der Waals surface area contributed by atoms with Crippen molar-refractivity contribution >= 4 is 5.82 Å². The topological polar surface area (TPSA) is 34.2 Å². The minimum absolute atomic E-state index is 0.531. The average Bonchev–Trinajstić information content (AvgIpc) is 2.71. The number of hydrogen-bond acceptors (Lipinski definition) is 3. The summed E-state index contributed by atoms with van der Waals surface area (Å²) in [5, 5.41) is 3.54. The lowest BCUT2D eigenvalue weighted by Gasteiger charge is -2.22. The van der Waals surface area contributed by atoms with Gasteiger partial charge in [-0.2, -0.15) is 0 Å². The Bertz CT molecular complexity index is 367. The highest BCUT2D eigenvalue weighted by Gasteiger charge is 2.31. The van der Waals surface area contributed by atoms with Crippen molar-refractivity contribution in [1.29, 1.82) is 0 Å². The van der Waals surface area contributed by atoms with Crippen LogP contribution >= 0.6 is 0 Å². The largest absolute Gasteiger partial charge is 0.493 e. The van der Waals surface area contributed by atoms with Crippen LogP contribution in [0, 0.1) is 11.8 Å². The molecule has 94 valence electrons. The summed E-state index contributed by atoms with van der Waals surface area (Å²) in [6.07, 6.45) is 5.64. The zero-order valence-electron chi connectivity index (χ0n) is 10.9. The number of ether oxygens (including phenoxy) is 1. The molecule has 0 aromatic carbocycles. The molecule has 1 aromatic heterocycles. The molecule has 1 heterocycles. The van der Waals surface area contributed by atoms with E-state index in [0.29, 0.717) is 12.0 Å². The van der Waals surface area contributed by atoms with Gasteiger partial charge in [0.05, 0.1) is 7.11 Å². The van der Waals surface area contributed by atoms with Gasteiger partial charge >= 0.3 is 0 Å². The van der Waals surface area contributed by atoms with E-state index in [1.165, 1.54) is 19.3 Å². The van der Waals surface area contributed by atoms with Gasteiger partial charge in [-0.3, -0.25) is 0 Å². The van der Waals surface area contributed by atoms with Crippen LogP contribution < -0.4 is 10.1 Å². The Balaban J connectivity index is 2.06. The Kier molecular flexibility index (Phi) is 3.87. The third-order valence-corrected chi connectivity index (χ3v) is 4.06. The van der Waals surface area contributed by atoms with Crippen LogP contribution in [0.2, 0.25) is 0 Å². The maximum absolute atomic E-state index is 5.32. The molecule has 0 radical (unpaired) electrons. The SMILES string of the molecule is CCC1CCC(Nc2ncccc2OC)C1C. The second-order valence-electron chi connectivity index (χ2n) is 4.91. The standard InChI is InChI=1S/C14H22N2O/c1-4-11-7-8-12(10(11)2)16-14-13(17-3)6-5-9-15-14/h5-6,9-12H,4,7-8H2,1-3H3,(H,15,16). The molecule has 2 rings (SSSR count). The zero-order valence-corrected chi connectivity index (χ0v) is 10.9. The van der Waals surface area contributed by atoms with Gasteiger partial charge in [-0.1, -0.05) is 20.3 Å². The number of hydrogen-bond donors (Lipinski definition) is 1. The highest BCUT2D eigenvalue weighted by Crippen LogP contribution is 2.36. The zero-order chi connectivity index (χ0) is 12.3. The Labute approximate surface area is 104 Å². The predicted molar refractivity (Wildman–Crippen MR) is 70.4 cm³/mol. The van der Waals surface area contributed by atoms with E-state index >= 15 is 0 Å². The Morgan fingerprint density at radius 1 is 1.47 bits per heavy atom. The maximum Gasteiger partial charge on any atom is 0.168 e. The summed E-state index contributed by atoms with van der Waals surface area (Å²) in [6.45, 7) is 4.62. The van der Waals surface area contributed by atoms with Gasteiger partial charge in [-0.25, -0.2) is 4.98 Å². The van der Waals surface area contributed by atoms with E-state index in [2.05, 4.69) is 24.1 Å². The van der Waals surface area contributed by atoms with E-state index < -0.39 is 0 Å². The molecule has 17 heavy (non-hydrogen) atoms. The summed E-state index contributed by atoms with van der Waals surface area (Å²) in [6, 6.07) is 4.38. The smallest absolute Gasteiger partial charge is 0.168 e. The monoisotopic (exact) mass is 234 g/mol. The van der Waals surface area contributed by atoms with E-state index in [9.17, 15) is 0 Å². The van der Waals surface area contributed by atoms with E-state index in [0.717, 1.165) is 17.5 Å². The number of methoxy groups -OCH3 is 1. The van der Waals surface area contributed by atoms with Crippen LogP contribution in [-0.4, -0.2) is 18.1 Å². The molecule has 1 aromatic rings. The van der Waals surface area contributed by atoms with E-state index in [1.54, 1.807) is 7.11 Å². The summed E-state index contributed by atoms with van der Waals surface area (Å²) in [5.74, 6) is 3.28. The summed E-state index contributed by atoms with van der Waals surface area (Å²) >= 11 is 0. The molecule has 0 saturated heterocycles. The number of nitrogens with one attached hydrogen (secondary N) is 1. The number of nitrogens with zero attached hydrogens (tertiary/aromatic N) is 1. The molecule has 0 spiro atoms. The predicted octanol–water partition coefficient (Wildman–Crippen LogP) is 3.33. The van der Waals surface area contributed by atoms with Crippen molar-refractivity contribution in [2.75, 3.05) is 12.4 Å². The lowest BCUT2D eigenvalue weighted by atomic mass is 9.93. The van der Waals surface area contributed by atoms with E-state index in [4.69, 9.17) is 4.74 Å². The molecule has 0 bridgehead atoms. The van der Waals surface area contributed by atoms with Crippen LogP contribution in [0.25, 0.3) is 0 Å². The van der Waals surface area contributed by atoms with Crippen molar-refractivity contribution in [2.45, 2.75) is 39.2 Å². The van der Waals surface area contributed by atoms with Crippen molar-refractivity contribution in [3.05, 3.63) is 18.3 Å². The van der Waals surface area contributed by atoms with Crippen molar-refractivity contribution in [1.82, 2.24) is 4.98 Å². The van der Waals surface area contributed by atoms with Gasteiger partial charge in [0.1, 0.15) is 0 Å². The first-order chi connectivity index (χ1) is 8.26. The number of pyridine rings is 1. The quantitative estimate of drug-likeness (QED) is 0.867. The summed E-state index contributed by atoms with van der Waals surface area (Å²) in [7, 11) is 1.69. The molecule has 3 unspecified atom stereocenters. The molecule has 0 aliphatic heterocycles. The van der Waals surface area contributed by atoms with Crippen LogP contribution in [0.3, 0.4) is 0 Å². The normalized spacial score (nSPS) is 28.1. The van der Waals surface area contributed by atoms with Crippen molar-refractivity contribution in [3.8, 4) is 5.75 Å². The summed E-state index contributed by atoms with van der Waals surface area (Å²) < 4.78 is 5.32. The molecular weight excluding hydrogens is 212 g/mol. The number of anilines is 1. The van der Waals surface area contributed by atoms with Crippen molar-refractivity contribution in [3.63, 3.8) is 0 Å². The first-order valence-corrected chi connectivity index (χ1v) is 6.51. The molecule has 1 saturated carbocycles. The van der Waals surface area contributed by atoms with Crippen LogP contribution in [0.1, 0.15) is 33.1 Å². The molecule has 3 atom stereocenters. The highest BCUT2D eigenvalue weighted by atomic mass is 16.5. The van der Waals surface area contributed by atoms with Crippen LogP contribution in [0.4, 0.5) is 5.82 Å². The fraction of sp³-hybridized carbons (Fsp3) is 0.643. The lowest BCUT2D eigenvalue weighted by Crippen LogP contribution is -2.25. The molecule has 3 heteroatoms. The van der Waals surface area contributed by atoms with Crippen molar-refractivity contribution < 1.29 is 4.74 Å². The van der Waals surface area contributed by atoms with Crippen LogP contribution in [0.5, 0.6) is 5.75 Å². The lowest BCUT2D eigenvalue weighted by molar-refractivity contribution is 0.388.